The van der Waals surface area contributed by atoms with Crippen LogP contribution in [0.3, 0.4) is 0 Å². The van der Waals surface area contributed by atoms with Gasteiger partial charge in [-0.15, -0.1) is 0 Å². The second kappa shape index (κ2) is 5.95. The Hall–Kier alpha value is -1.10. The van der Waals surface area contributed by atoms with E-state index in [4.69, 9.17) is 0 Å². The first-order valence-electron chi connectivity index (χ1n) is 8.11. The summed E-state index contributed by atoms with van der Waals surface area (Å²) in [5.41, 5.74) is -1.10. The summed E-state index contributed by atoms with van der Waals surface area (Å²) in [6, 6.07) is 0. The SMILES string of the molecule is CCC1(C(=O)N2CCC(C(=O)O)(C(C)C)C2)CCCNC1. The molecule has 1 amide bonds. The van der Waals surface area contributed by atoms with Crippen molar-refractivity contribution < 1.29 is 14.7 Å². The van der Waals surface area contributed by atoms with E-state index in [-0.39, 0.29) is 17.2 Å². The molecule has 0 aromatic carbocycles. The lowest BCUT2D eigenvalue weighted by Gasteiger charge is -2.39. The van der Waals surface area contributed by atoms with Crippen molar-refractivity contribution in [2.45, 2.75) is 46.5 Å². The Balaban J connectivity index is 2.16. The lowest BCUT2D eigenvalue weighted by molar-refractivity contribution is -0.152. The van der Waals surface area contributed by atoms with Crippen molar-refractivity contribution in [3.8, 4) is 0 Å². The van der Waals surface area contributed by atoms with E-state index in [0.29, 0.717) is 19.5 Å². The van der Waals surface area contributed by atoms with Gasteiger partial charge in [0.2, 0.25) is 5.91 Å². The molecule has 2 rings (SSSR count). The summed E-state index contributed by atoms with van der Waals surface area (Å²) in [5.74, 6) is -0.573. The van der Waals surface area contributed by atoms with Gasteiger partial charge in [-0.05, 0) is 38.1 Å². The molecule has 120 valence electrons. The van der Waals surface area contributed by atoms with E-state index in [9.17, 15) is 14.7 Å². The minimum Gasteiger partial charge on any atom is -0.481 e. The summed E-state index contributed by atoms with van der Waals surface area (Å²) in [4.78, 5) is 26.5. The van der Waals surface area contributed by atoms with Gasteiger partial charge in [-0.25, -0.2) is 0 Å². The molecular formula is C16H28N2O3. The number of likely N-dealkylation sites (tertiary alicyclic amines) is 1. The van der Waals surface area contributed by atoms with Gasteiger partial charge in [0.15, 0.2) is 0 Å². The normalized spacial score (nSPS) is 33.4. The van der Waals surface area contributed by atoms with Crippen LogP contribution in [0.2, 0.25) is 0 Å². The molecule has 2 atom stereocenters. The van der Waals surface area contributed by atoms with Gasteiger partial charge in [0.05, 0.1) is 10.8 Å². The fraction of sp³-hybridized carbons (Fsp3) is 0.875. The third-order valence-electron chi connectivity index (χ3n) is 5.72. The van der Waals surface area contributed by atoms with Gasteiger partial charge in [-0.3, -0.25) is 9.59 Å². The highest BCUT2D eigenvalue weighted by Gasteiger charge is 2.51. The van der Waals surface area contributed by atoms with E-state index in [0.717, 1.165) is 32.4 Å². The quantitative estimate of drug-likeness (QED) is 0.829. The minimum atomic E-state index is -0.771. The highest BCUT2D eigenvalue weighted by molar-refractivity contribution is 5.85. The van der Waals surface area contributed by atoms with Crippen LogP contribution < -0.4 is 5.32 Å². The van der Waals surface area contributed by atoms with E-state index in [2.05, 4.69) is 12.2 Å². The summed E-state index contributed by atoms with van der Waals surface area (Å²) < 4.78 is 0. The van der Waals surface area contributed by atoms with E-state index in [1.165, 1.54) is 0 Å². The second-order valence-corrected chi connectivity index (χ2v) is 7.01. The molecule has 0 radical (unpaired) electrons. The molecule has 5 heteroatoms. The number of carboxylic acids is 1. The Morgan fingerprint density at radius 3 is 2.48 bits per heavy atom. The molecule has 2 saturated heterocycles. The molecule has 2 unspecified atom stereocenters. The molecule has 2 N–H and O–H groups in total. The van der Waals surface area contributed by atoms with Gasteiger partial charge in [0, 0.05) is 19.6 Å². The van der Waals surface area contributed by atoms with Crippen molar-refractivity contribution in [1.82, 2.24) is 10.2 Å². The molecule has 2 heterocycles. The van der Waals surface area contributed by atoms with Gasteiger partial charge in [0.25, 0.3) is 0 Å². The summed E-state index contributed by atoms with van der Waals surface area (Å²) in [5, 5.41) is 12.9. The Morgan fingerprint density at radius 2 is 2.05 bits per heavy atom. The van der Waals surface area contributed by atoms with Gasteiger partial charge >= 0.3 is 5.97 Å². The second-order valence-electron chi connectivity index (χ2n) is 7.01. The first kappa shape index (κ1) is 16.3. The number of nitrogens with one attached hydrogen (secondary N) is 1. The van der Waals surface area contributed by atoms with E-state index < -0.39 is 11.4 Å². The summed E-state index contributed by atoms with van der Waals surface area (Å²) in [7, 11) is 0. The number of piperidine rings is 1. The number of carbonyl (C=O) groups is 2. The molecule has 0 aromatic rings. The maximum atomic E-state index is 13.0. The van der Waals surface area contributed by atoms with Crippen LogP contribution in [0.5, 0.6) is 0 Å². The molecule has 0 aromatic heterocycles. The Kier molecular flexibility index (Phi) is 4.61. The van der Waals surface area contributed by atoms with Crippen LogP contribution in [-0.2, 0) is 9.59 Å². The van der Waals surface area contributed by atoms with E-state index >= 15 is 0 Å². The minimum absolute atomic E-state index is 0.0369. The van der Waals surface area contributed by atoms with Crippen LogP contribution in [0.1, 0.15) is 46.5 Å². The molecule has 0 spiro atoms. The monoisotopic (exact) mass is 296 g/mol. The first-order chi connectivity index (χ1) is 9.88. The van der Waals surface area contributed by atoms with Gasteiger partial charge in [0.1, 0.15) is 0 Å². The van der Waals surface area contributed by atoms with Gasteiger partial charge in [-0.2, -0.15) is 0 Å². The van der Waals surface area contributed by atoms with Crippen LogP contribution in [-0.4, -0.2) is 48.1 Å². The van der Waals surface area contributed by atoms with E-state index in [1.807, 2.05) is 18.7 Å². The predicted octanol–water partition coefficient (Wildman–Crippen LogP) is 1.73. The van der Waals surface area contributed by atoms with Crippen LogP contribution in [0.25, 0.3) is 0 Å². The fourth-order valence-electron chi connectivity index (χ4n) is 3.84. The summed E-state index contributed by atoms with van der Waals surface area (Å²) >= 11 is 0. The Bertz CT molecular complexity index is 416. The van der Waals surface area contributed by atoms with Crippen molar-refractivity contribution in [3.05, 3.63) is 0 Å². The molecule has 0 saturated carbocycles. The zero-order valence-corrected chi connectivity index (χ0v) is 13.4. The number of hydrogen-bond donors (Lipinski definition) is 2. The third kappa shape index (κ3) is 2.68. The topological polar surface area (TPSA) is 69.6 Å². The molecule has 0 aliphatic carbocycles. The number of aliphatic carboxylic acids is 1. The summed E-state index contributed by atoms with van der Waals surface area (Å²) in [6.07, 6.45) is 3.31. The first-order valence-corrected chi connectivity index (χ1v) is 8.11. The van der Waals surface area contributed by atoms with Gasteiger partial charge < -0.3 is 15.3 Å². The van der Waals surface area contributed by atoms with Crippen molar-refractivity contribution in [3.63, 3.8) is 0 Å². The molecular weight excluding hydrogens is 268 g/mol. The maximum Gasteiger partial charge on any atom is 0.311 e. The number of hydrogen-bond acceptors (Lipinski definition) is 3. The molecule has 2 fully saturated rings. The number of amides is 1. The zero-order valence-electron chi connectivity index (χ0n) is 13.4. The van der Waals surface area contributed by atoms with Crippen LogP contribution in [0.4, 0.5) is 0 Å². The Morgan fingerprint density at radius 1 is 1.33 bits per heavy atom. The zero-order chi connectivity index (χ0) is 15.7. The highest BCUT2D eigenvalue weighted by Crippen LogP contribution is 2.41. The number of carboxylic acid groups (broad SMARTS) is 1. The standard InChI is InChI=1S/C16H28N2O3/c1-4-15(6-5-8-17-10-15)13(19)18-9-7-16(11-18,12(2)3)14(20)21/h12,17H,4-11H2,1-3H3,(H,20,21). The number of carbonyl (C=O) groups excluding carboxylic acids is 1. The van der Waals surface area contributed by atoms with Crippen LogP contribution in [0, 0.1) is 16.7 Å². The maximum absolute atomic E-state index is 13.0. The van der Waals surface area contributed by atoms with Crippen LogP contribution >= 0.6 is 0 Å². The number of rotatable bonds is 4. The summed E-state index contributed by atoms with van der Waals surface area (Å²) in [6.45, 7) is 8.58. The molecule has 2 aliphatic heterocycles. The van der Waals surface area contributed by atoms with Crippen molar-refractivity contribution in [2.24, 2.45) is 16.7 Å². The average molecular weight is 296 g/mol. The molecule has 5 nitrogen and oxygen atoms in total. The van der Waals surface area contributed by atoms with Crippen molar-refractivity contribution in [1.29, 1.82) is 0 Å². The fourth-order valence-corrected chi connectivity index (χ4v) is 3.84. The van der Waals surface area contributed by atoms with E-state index in [1.54, 1.807) is 0 Å². The average Bonchev–Trinajstić information content (AvgIpc) is 2.93. The van der Waals surface area contributed by atoms with Crippen molar-refractivity contribution in [2.75, 3.05) is 26.2 Å². The molecule has 2 aliphatic rings. The van der Waals surface area contributed by atoms with Crippen molar-refractivity contribution >= 4 is 11.9 Å². The lowest BCUT2D eigenvalue weighted by Crippen LogP contribution is -2.52. The smallest absolute Gasteiger partial charge is 0.311 e. The number of nitrogens with zero attached hydrogens (tertiary/aromatic N) is 1. The predicted molar refractivity (Wildman–Crippen MR) is 80.9 cm³/mol. The lowest BCUT2D eigenvalue weighted by atomic mass is 9.75. The molecule has 0 bridgehead atoms. The van der Waals surface area contributed by atoms with Gasteiger partial charge in [-0.1, -0.05) is 20.8 Å². The van der Waals surface area contributed by atoms with Crippen LogP contribution in [0.15, 0.2) is 0 Å². The largest absolute Gasteiger partial charge is 0.481 e. The molecule has 21 heavy (non-hydrogen) atoms. The highest BCUT2D eigenvalue weighted by atomic mass is 16.4. The third-order valence-corrected chi connectivity index (χ3v) is 5.72. The Labute approximate surface area is 127 Å².